The number of hydrogen-bond donors (Lipinski definition) is 2. The van der Waals surface area contributed by atoms with Gasteiger partial charge in [-0.1, -0.05) is 36.9 Å². The maximum atomic E-state index is 12.5. The Morgan fingerprint density at radius 1 is 1.30 bits per heavy atom. The Labute approximate surface area is 159 Å². The molecule has 0 unspecified atom stereocenters. The molecular formula is C20H26N2O5. The molecule has 1 heterocycles. The second-order valence-corrected chi connectivity index (χ2v) is 6.62. The molecule has 1 fully saturated rings. The molecular weight excluding hydrogens is 348 g/mol. The Morgan fingerprint density at radius 3 is 2.48 bits per heavy atom. The molecule has 2 amide bonds. The summed E-state index contributed by atoms with van der Waals surface area (Å²) in [7, 11) is 0. The molecule has 1 aliphatic rings. The number of amides is 2. The number of ether oxygens (including phenoxy) is 1. The zero-order valence-corrected chi connectivity index (χ0v) is 15.5. The number of carbonyl (C=O) groups is 3. The molecule has 2 N–H and O–H groups in total. The second-order valence-electron chi connectivity index (χ2n) is 6.62. The van der Waals surface area contributed by atoms with Crippen molar-refractivity contribution in [3.63, 3.8) is 0 Å². The number of nitrogens with one attached hydrogen (secondary N) is 1. The zero-order chi connectivity index (χ0) is 19.8. The van der Waals surface area contributed by atoms with Crippen molar-refractivity contribution in [1.29, 1.82) is 0 Å². The van der Waals surface area contributed by atoms with Crippen molar-refractivity contribution in [2.24, 2.45) is 5.92 Å². The smallest absolute Gasteiger partial charge is 0.331 e. The van der Waals surface area contributed by atoms with Gasteiger partial charge in [0.05, 0.1) is 6.10 Å². The average molecular weight is 374 g/mol. The van der Waals surface area contributed by atoms with Gasteiger partial charge in [-0.25, -0.2) is 4.79 Å². The number of aliphatic hydroxyl groups excluding tert-OH is 1. The third-order valence-electron chi connectivity index (χ3n) is 4.61. The molecule has 2 atom stereocenters. The first-order valence-electron chi connectivity index (χ1n) is 9.02. The predicted octanol–water partition coefficient (Wildman–Crippen LogP) is 1.02. The van der Waals surface area contributed by atoms with E-state index in [2.05, 4.69) is 11.9 Å². The van der Waals surface area contributed by atoms with Crippen LogP contribution in [0.4, 0.5) is 0 Å². The van der Waals surface area contributed by atoms with Crippen LogP contribution < -0.4 is 5.32 Å². The molecule has 0 radical (unpaired) electrons. The molecule has 0 spiro atoms. The van der Waals surface area contributed by atoms with Gasteiger partial charge >= 0.3 is 5.97 Å². The van der Waals surface area contributed by atoms with Gasteiger partial charge in [-0.2, -0.15) is 0 Å². The maximum Gasteiger partial charge on any atom is 0.331 e. The quantitative estimate of drug-likeness (QED) is 0.549. The van der Waals surface area contributed by atoms with E-state index in [9.17, 15) is 19.5 Å². The molecule has 2 rings (SSSR count). The summed E-state index contributed by atoms with van der Waals surface area (Å²) in [6.07, 6.45) is 1.17. The van der Waals surface area contributed by atoms with Crippen LogP contribution in [0.2, 0.25) is 0 Å². The monoisotopic (exact) mass is 374 g/mol. The number of likely N-dealkylation sites (tertiary alicyclic amines) is 1. The lowest BCUT2D eigenvalue weighted by Crippen LogP contribution is -2.51. The van der Waals surface area contributed by atoms with Crippen molar-refractivity contribution in [3.05, 3.63) is 48.6 Å². The first kappa shape index (κ1) is 20.6. The van der Waals surface area contributed by atoms with Gasteiger partial charge in [0.25, 0.3) is 0 Å². The maximum absolute atomic E-state index is 12.5. The Balaban J connectivity index is 1.87. The topological polar surface area (TPSA) is 95.9 Å². The summed E-state index contributed by atoms with van der Waals surface area (Å²) in [6, 6.07) is 8.04. The van der Waals surface area contributed by atoms with Crippen LogP contribution in [-0.4, -0.2) is 53.0 Å². The van der Waals surface area contributed by atoms with Crippen molar-refractivity contribution >= 4 is 17.8 Å². The largest absolute Gasteiger partial charge is 0.459 e. The molecule has 0 bridgehead atoms. The number of esters is 1. The molecule has 0 aliphatic carbocycles. The number of carbonyl (C=O) groups excluding carboxylic acids is 3. The predicted molar refractivity (Wildman–Crippen MR) is 99.4 cm³/mol. The summed E-state index contributed by atoms with van der Waals surface area (Å²) in [4.78, 5) is 38.0. The summed E-state index contributed by atoms with van der Waals surface area (Å²) in [5, 5.41) is 12.5. The lowest BCUT2D eigenvalue weighted by molar-refractivity contribution is -0.152. The van der Waals surface area contributed by atoms with Gasteiger partial charge in [0.15, 0.2) is 6.04 Å². The molecule has 7 heteroatoms. The minimum Gasteiger partial charge on any atom is -0.459 e. The summed E-state index contributed by atoms with van der Waals surface area (Å²) in [5.74, 6) is -1.47. The van der Waals surface area contributed by atoms with E-state index < -0.39 is 18.1 Å². The average Bonchev–Trinajstić information content (AvgIpc) is 2.70. The highest BCUT2D eigenvalue weighted by Gasteiger charge is 2.32. The van der Waals surface area contributed by atoms with E-state index in [1.807, 2.05) is 30.3 Å². The number of aliphatic hydroxyl groups is 1. The fourth-order valence-corrected chi connectivity index (χ4v) is 2.96. The van der Waals surface area contributed by atoms with Gasteiger partial charge in [0.2, 0.25) is 11.8 Å². The normalized spacial score (nSPS) is 16.9. The Morgan fingerprint density at radius 2 is 1.93 bits per heavy atom. The minimum absolute atomic E-state index is 0.0703. The minimum atomic E-state index is -1.13. The van der Waals surface area contributed by atoms with Crippen LogP contribution in [-0.2, 0) is 25.7 Å². The summed E-state index contributed by atoms with van der Waals surface area (Å²) >= 11 is 0. The molecule has 0 saturated carbocycles. The van der Waals surface area contributed by atoms with Crippen LogP contribution in [0.1, 0.15) is 25.3 Å². The highest BCUT2D eigenvalue weighted by molar-refractivity contribution is 5.88. The van der Waals surface area contributed by atoms with Gasteiger partial charge in [-0.05, 0) is 31.4 Å². The molecule has 1 aromatic rings. The van der Waals surface area contributed by atoms with Gasteiger partial charge in [-0.15, -0.1) is 0 Å². The number of nitrogens with zero attached hydrogens (tertiary/aromatic N) is 1. The lowest BCUT2D eigenvalue weighted by Gasteiger charge is -2.31. The van der Waals surface area contributed by atoms with Gasteiger partial charge in [-0.3, -0.25) is 9.59 Å². The number of benzene rings is 1. The number of hydrogen-bond acceptors (Lipinski definition) is 5. The van der Waals surface area contributed by atoms with Gasteiger partial charge < -0.3 is 20.1 Å². The highest BCUT2D eigenvalue weighted by atomic mass is 16.5. The highest BCUT2D eigenvalue weighted by Crippen LogP contribution is 2.18. The van der Waals surface area contributed by atoms with E-state index in [0.717, 1.165) is 5.56 Å². The van der Waals surface area contributed by atoms with Crippen LogP contribution in [0.15, 0.2) is 43.0 Å². The molecule has 1 aliphatic heterocycles. The molecule has 7 nitrogen and oxygen atoms in total. The molecule has 1 saturated heterocycles. The number of piperidine rings is 1. The van der Waals surface area contributed by atoms with Crippen molar-refractivity contribution in [3.8, 4) is 0 Å². The van der Waals surface area contributed by atoms with Crippen molar-refractivity contribution in [2.75, 3.05) is 13.1 Å². The van der Waals surface area contributed by atoms with Crippen LogP contribution in [0.25, 0.3) is 0 Å². The van der Waals surface area contributed by atoms with Crippen LogP contribution in [0.3, 0.4) is 0 Å². The lowest BCUT2D eigenvalue weighted by atomic mass is 9.95. The zero-order valence-electron chi connectivity index (χ0n) is 15.5. The van der Waals surface area contributed by atoms with E-state index in [4.69, 9.17) is 4.74 Å². The summed E-state index contributed by atoms with van der Waals surface area (Å²) in [6.45, 7) is 5.88. The summed E-state index contributed by atoms with van der Waals surface area (Å²) in [5.41, 5.74) is 0.820. The van der Waals surface area contributed by atoms with Gasteiger partial charge in [0.1, 0.15) is 6.61 Å². The standard InChI is InChI=1S/C20H26N2O5/c1-3-17(24)22-11-9-16(10-12-22)19(25)21-18(14(2)23)20(26)27-13-15-7-5-4-6-8-15/h3-8,14,16,18,23H,1,9-13H2,2H3,(H,21,25)/t14-,18-/m0/s1. The van der Waals surface area contributed by atoms with Crippen molar-refractivity contribution in [1.82, 2.24) is 10.2 Å². The van der Waals surface area contributed by atoms with Crippen LogP contribution in [0.5, 0.6) is 0 Å². The van der Waals surface area contributed by atoms with E-state index >= 15 is 0 Å². The van der Waals surface area contributed by atoms with Crippen LogP contribution in [0, 0.1) is 5.92 Å². The third kappa shape index (κ3) is 5.92. The van der Waals surface area contributed by atoms with Crippen molar-refractivity contribution < 1.29 is 24.2 Å². The molecule has 27 heavy (non-hydrogen) atoms. The summed E-state index contributed by atoms with van der Waals surface area (Å²) < 4.78 is 5.23. The Kier molecular flexibility index (Phi) is 7.55. The Bertz CT molecular complexity index is 666. The first-order valence-corrected chi connectivity index (χ1v) is 9.02. The number of rotatable bonds is 7. The van der Waals surface area contributed by atoms with E-state index in [-0.39, 0.29) is 24.3 Å². The fourth-order valence-electron chi connectivity index (χ4n) is 2.96. The van der Waals surface area contributed by atoms with Crippen LogP contribution >= 0.6 is 0 Å². The van der Waals surface area contributed by atoms with E-state index in [1.165, 1.54) is 13.0 Å². The molecule has 146 valence electrons. The van der Waals surface area contributed by atoms with Crippen molar-refractivity contribution in [2.45, 2.75) is 38.5 Å². The fraction of sp³-hybridized carbons (Fsp3) is 0.450. The second kappa shape index (κ2) is 9.87. The SMILES string of the molecule is C=CC(=O)N1CCC(C(=O)N[C@H](C(=O)OCc2ccccc2)[C@H](C)O)CC1. The van der Waals surface area contributed by atoms with E-state index in [1.54, 1.807) is 4.90 Å². The van der Waals surface area contributed by atoms with E-state index in [0.29, 0.717) is 25.9 Å². The molecule has 0 aromatic heterocycles. The molecule has 1 aromatic carbocycles. The first-order chi connectivity index (χ1) is 12.9. The van der Waals surface area contributed by atoms with Gasteiger partial charge in [0, 0.05) is 19.0 Å². The third-order valence-corrected chi connectivity index (χ3v) is 4.61. The Hall–Kier alpha value is -2.67.